The first-order valence-electron chi connectivity index (χ1n) is 8.41. The van der Waals surface area contributed by atoms with Gasteiger partial charge in [0.15, 0.2) is 5.16 Å². The first-order chi connectivity index (χ1) is 11.7. The minimum atomic E-state index is 0.404. The number of nitrogens with zero attached hydrogens (tertiary/aromatic N) is 3. The highest BCUT2D eigenvalue weighted by atomic mass is 32.2. The summed E-state index contributed by atoms with van der Waals surface area (Å²) in [6, 6.07) is 10.9. The van der Waals surface area contributed by atoms with Gasteiger partial charge in [-0.15, -0.1) is 0 Å². The summed E-state index contributed by atoms with van der Waals surface area (Å²) in [5.41, 5.74) is 3.41. The van der Waals surface area contributed by atoms with E-state index < -0.39 is 0 Å². The Labute approximate surface area is 147 Å². The monoisotopic (exact) mass is 338 g/mol. The zero-order chi connectivity index (χ0) is 16.9. The van der Waals surface area contributed by atoms with Gasteiger partial charge in [0.1, 0.15) is 17.5 Å². The summed E-state index contributed by atoms with van der Waals surface area (Å²) in [7, 11) is 0. The van der Waals surface area contributed by atoms with Crippen LogP contribution in [-0.4, -0.2) is 22.3 Å². The second kappa shape index (κ2) is 7.67. The van der Waals surface area contributed by atoms with Crippen molar-refractivity contribution in [3.63, 3.8) is 0 Å². The Balaban J connectivity index is 2.02. The zero-order valence-corrected chi connectivity index (χ0v) is 15.0. The van der Waals surface area contributed by atoms with E-state index in [9.17, 15) is 5.26 Å². The van der Waals surface area contributed by atoms with Gasteiger partial charge in [0.2, 0.25) is 0 Å². The average molecular weight is 338 g/mol. The Bertz CT molecular complexity index is 743. The van der Waals surface area contributed by atoms with Crippen molar-refractivity contribution in [1.82, 2.24) is 9.97 Å². The van der Waals surface area contributed by atoms with Crippen molar-refractivity contribution in [2.45, 2.75) is 50.2 Å². The Hall–Kier alpha value is -2.06. The molecule has 0 bridgehead atoms. The molecule has 5 heteroatoms. The van der Waals surface area contributed by atoms with Gasteiger partial charge in [0.05, 0.1) is 5.69 Å². The van der Waals surface area contributed by atoms with Crippen molar-refractivity contribution in [3.05, 3.63) is 35.4 Å². The van der Waals surface area contributed by atoms with Crippen LogP contribution in [-0.2, 0) is 0 Å². The standard InChI is InChI=1S/C19H22N4S/c1-13-8-10-14(11-9-13)17-16(12-20)18(23-19(22-17)24-2)21-15-6-4-3-5-7-15/h8-11,15H,3-7H2,1-2H3,(H,21,22,23). The highest BCUT2D eigenvalue weighted by Gasteiger charge is 2.20. The first kappa shape index (κ1) is 16.8. The van der Waals surface area contributed by atoms with Crippen molar-refractivity contribution >= 4 is 17.6 Å². The first-order valence-corrected chi connectivity index (χ1v) is 9.63. The van der Waals surface area contributed by atoms with Gasteiger partial charge >= 0.3 is 0 Å². The molecule has 1 aromatic heterocycles. The number of nitriles is 1. The summed E-state index contributed by atoms with van der Waals surface area (Å²) < 4.78 is 0. The van der Waals surface area contributed by atoms with Crippen LogP contribution >= 0.6 is 11.8 Å². The molecule has 24 heavy (non-hydrogen) atoms. The third-order valence-corrected chi connectivity index (χ3v) is 5.00. The summed E-state index contributed by atoms with van der Waals surface area (Å²) in [6.07, 6.45) is 8.03. The fraction of sp³-hybridized carbons (Fsp3) is 0.421. The average Bonchev–Trinajstić information content (AvgIpc) is 2.62. The highest BCUT2D eigenvalue weighted by Crippen LogP contribution is 2.30. The fourth-order valence-corrected chi connectivity index (χ4v) is 3.47. The van der Waals surface area contributed by atoms with Crippen LogP contribution in [0.1, 0.15) is 43.2 Å². The van der Waals surface area contributed by atoms with Gasteiger partial charge in [0.25, 0.3) is 0 Å². The molecule has 0 spiro atoms. The molecule has 0 amide bonds. The van der Waals surface area contributed by atoms with Gasteiger partial charge in [-0.05, 0) is 26.0 Å². The van der Waals surface area contributed by atoms with Crippen LogP contribution in [0.2, 0.25) is 0 Å². The summed E-state index contributed by atoms with van der Waals surface area (Å²) in [6.45, 7) is 2.05. The summed E-state index contributed by atoms with van der Waals surface area (Å²) in [5.74, 6) is 0.680. The van der Waals surface area contributed by atoms with Crippen LogP contribution in [0.4, 0.5) is 5.82 Å². The van der Waals surface area contributed by atoms with Crippen LogP contribution < -0.4 is 5.32 Å². The quantitative estimate of drug-likeness (QED) is 0.641. The fourth-order valence-electron chi connectivity index (χ4n) is 3.10. The molecule has 1 aromatic carbocycles. The molecule has 124 valence electrons. The second-order valence-corrected chi connectivity index (χ2v) is 7.01. The third kappa shape index (κ3) is 3.70. The van der Waals surface area contributed by atoms with Crippen molar-refractivity contribution in [1.29, 1.82) is 5.26 Å². The van der Waals surface area contributed by atoms with Crippen LogP contribution in [0, 0.1) is 18.3 Å². The summed E-state index contributed by atoms with van der Waals surface area (Å²) in [5, 5.41) is 13.9. The van der Waals surface area contributed by atoms with Crippen LogP contribution in [0.3, 0.4) is 0 Å². The lowest BCUT2D eigenvalue weighted by molar-refractivity contribution is 0.461. The zero-order valence-electron chi connectivity index (χ0n) is 14.2. The molecule has 0 aliphatic heterocycles. The number of nitrogens with one attached hydrogen (secondary N) is 1. The Morgan fingerprint density at radius 3 is 2.46 bits per heavy atom. The maximum Gasteiger partial charge on any atom is 0.189 e. The molecule has 1 aliphatic rings. The third-order valence-electron chi connectivity index (χ3n) is 4.45. The molecule has 3 rings (SSSR count). The molecule has 0 atom stereocenters. The van der Waals surface area contributed by atoms with Crippen molar-refractivity contribution in [3.8, 4) is 17.3 Å². The number of rotatable bonds is 4. The molecule has 1 heterocycles. The lowest BCUT2D eigenvalue weighted by Crippen LogP contribution is -2.24. The van der Waals surface area contributed by atoms with Gasteiger partial charge in [-0.1, -0.05) is 60.9 Å². The number of hydrogen-bond acceptors (Lipinski definition) is 5. The highest BCUT2D eigenvalue weighted by molar-refractivity contribution is 7.98. The van der Waals surface area contributed by atoms with E-state index in [4.69, 9.17) is 0 Å². The summed E-state index contributed by atoms with van der Waals surface area (Å²) in [4.78, 5) is 9.18. The number of benzene rings is 1. The second-order valence-electron chi connectivity index (χ2n) is 6.24. The molecule has 0 saturated heterocycles. The number of thioether (sulfide) groups is 1. The summed E-state index contributed by atoms with van der Waals surface area (Å²) >= 11 is 1.50. The predicted octanol–water partition coefficient (Wildman–Crippen LogP) is 4.79. The molecule has 4 nitrogen and oxygen atoms in total. The van der Waals surface area contributed by atoms with Gasteiger partial charge < -0.3 is 5.32 Å². The maximum absolute atomic E-state index is 9.73. The van der Waals surface area contributed by atoms with Crippen molar-refractivity contribution < 1.29 is 0 Å². The normalized spacial score (nSPS) is 15.0. The Kier molecular flexibility index (Phi) is 5.37. The largest absolute Gasteiger partial charge is 0.366 e. The number of hydrogen-bond donors (Lipinski definition) is 1. The van der Waals surface area contributed by atoms with E-state index in [2.05, 4.69) is 28.3 Å². The van der Waals surface area contributed by atoms with E-state index >= 15 is 0 Å². The molecular formula is C19H22N4S. The molecule has 2 aromatic rings. The molecule has 1 aliphatic carbocycles. The molecule has 1 N–H and O–H groups in total. The van der Waals surface area contributed by atoms with E-state index in [1.807, 2.05) is 30.5 Å². The Morgan fingerprint density at radius 1 is 1.12 bits per heavy atom. The lowest BCUT2D eigenvalue weighted by atomic mass is 9.95. The molecule has 1 fully saturated rings. The predicted molar refractivity (Wildman–Crippen MR) is 99.2 cm³/mol. The van der Waals surface area contributed by atoms with Crippen LogP contribution in [0.25, 0.3) is 11.3 Å². The van der Waals surface area contributed by atoms with Gasteiger partial charge in [-0.25, -0.2) is 9.97 Å². The molecule has 0 unspecified atom stereocenters. The van der Waals surface area contributed by atoms with Crippen molar-refractivity contribution in [2.24, 2.45) is 0 Å². The maximum atomic E-state index is 9.73. The van der Waals surface area contributed by atoms with Gasteiger partial charge in [0, 0.05) is 11.6 Å². The SMILES string of the molecule is CSc1nc(NC2CCCCC2)c(C#N)c(-c2ccc(C)cc2)n1. The minimum absolute atomic E-state index is 0.404. The number of anilines is 1. The van der Waals surface area contributed by atoms with Crippen LogP contribution in [0.5, 0.6) is 0 Å². The number of aryl methyl sites for hydroxylation is 1. The minimum Gasteiger partial charge on any atom is -0.366 e. The molecular weight excluding hydrogens is 316 g/mol. The smallest absolute Gasteiger partial charge is 0.189 e. The van der Waals surface area contributed by atoms with E-state index in [0.29, 0.717) is 22.6 Å². The van der Waals surface area contributed by atoms with E-state index in [-0.39, 0.29) is 0 Å². The van der Waals surface area contributed by atoms with E-state index in [0.717, 1.165) is 24.1 Å². The topological polar surface area (TPSA) is 61.6 Å². The van der Waals surface area contributed by atoms with Gasteiger partial charge in [-0.3, -0.25) is 0 Å². The van der Waals surface area contributed by atoms with E-state index in [1.54, 1.807) is 0 Å². The molecule has 0 radical (unpaired) electrons. The van der Waals surface area contributed by atoms with Gasteiger partial charge in [-0.2, -0.15) is 5.26 Å². The van der Waals surface area contributed by atoms with E-state index in [1.165, 1.54) is 36.6 Å². The van der Waals surface area contributed by atoms with Crippen LogP contribution in [0.15, 0.2) is 29.4 Å². The number of aromatic nitrogens is 2. The Morgan fingerprint density at radius 2 is 1.83 bits per heavy atom. The molecule has 1 saturated carbocycles. The van der Waals surface area contributed by atoms with Crippen molar-refractivity contribution in [2.75, 3.05) is 11.6 Å². The lowest BCUT2D eigenvalue weighted by Gasteiger charge is -2.24.